The molecule has 2 N–H and O–H groups in total. The van der Waals surface area contributed by atoms with E-state index in [0.29, 0.717) is 0 Å². The Kier molecular flexibility index (Phi) is 4.00. The molecule has 1 aromatic rings. The minimum absolute atomic E-state index is 0.744. The van der Waals surface area contributed by atoms with Crippen LogP contribution in [0, 0.1) is 11.8 Å². The first-order chi connectivity index (χ1) is 8.13. The summed E-state index contributed by atoms with van der Waals surface area (Å²) in [6, 6.07) is 3.97. The molecule has 3 heteroatoms. The van der Waals surface area contributed by atoms with Crippen LogP contribution in [0.5, 0.6) is 0 Å². The number of nitrogens with zero attached hydrogens (tertiary/aromatic N) is 2. The maximum absolute atomic E-state index is 5.63. The van der Waals surface area contributed by atoms with Crippen molar-refractivity contribution in [2.24, 2.45) is 11.8 Å². The molecule has 17 heavy (non-hydrogen) atoms. The highest BCUT2D eigenvalue weighted by atomic mass is 15.1. The fraction of sp³-hybridized carbons (Fsp3) is 0.643. The van der Waals surface area contributed by atoms with Gasteiger partial charge in [0.1, 0.15) is 0 Å². The molecule has 2 rings (SSSR count). The Morgan fingerprint density at radius 1 is 1.29 bits per heavy atom. The normalized spacial score (nSPS) is 26.0. The summed E-state index contributed by atoms with van der Waals surface area (Å²) in [5.41, 5.74) is 7.52. The molecule has 1 aromatic heterocycles. The van der Waals surface area contributed by atoms with Crippen molar-refractivity contribution in [2.75, 3.05) is 25.4 Å². The van der Waals surface area contributed by atoms with Crippen LogP contribution < -0.4 is 5.73 Å². The summed E-state index contributed by atoms with van der Waals surface area (Å²) >= 11 is 0. The molecule has 1 aliphatic rings. The lowest BCUT2D eigenvalue weighted by molar-refractivity contribution is 0.142. The lowest BCUT2D eigenvalue weighted by Crippen LogP contribution is -2.39. The van der Waals surface area contributed by atoms with Crippen molar-refractivity contribution >= 4 is 5.69 Å². The molecular formula is C14H23N3. The van der Waals surface area contributed by atoms with Crippen LogP contribution >= 0.6 is 0 Å². The highest BCUT2D eigenvalue weighted by Crippen LogP contribution is 2.20. The Balaban J connectivity index is 1.83. The van der Waals surface area contributed by atoms with E-state index >= 15 is 0 Å². The van der Waals surface area contributed by atoms with E-state index < -0.39 is 0 Å². The number of rotatable bonds is 3. The van der Waals surface area contributed by atoms with Gasteiger partial charge in [-0.05, 0) is 30.4 Å². The summed E-state index contributed by atoms with van der Waals surface area (Å²) in [5, 5.41) is 0. The van der Waals surface area contributed by atoms with Gasteiger partial charge in [-0.25, -0.2) is 0 Å². The number of hydrogen-bond donors (Lipinski definition) is 1. The van der Waals surface area contributed by atoms with Crippen molar-refractivity contribution in [1.29, 1.82) is 0 Å². The van der Waals surface area contributed by atoms with Gasteiger partial charge in [-0.3, -0.25) is 4.98 Å². The van der Waals surface area contributed by atoms with Gasteiger partial charge < -0.3 is 10.6 Å². The van der Waals surface area contributed by atoms with Crippen LogP contribution in [0.15, 0.2) is 18.3 Å². The van der Waals surface area contributed by atoms with Crippen LogP contribution in [0.25, 0.3) is 0 Å². The maximum atomic E-state index is 5.63. The molecule has 2 unspecified atom stereocenters. The summed E-state index contributed by atoms with van der Waals surface area (Å²) in [6.45, 7) is 8.29. The Morgan fingerprint density at radius 3 is 2.59 bits per heavy atom. The zero-order valence-corrected chi connectivity index (χ0v) is 10.9. The molecule has 0 amide bonds. The van der Waals surface area contributed by atoms with Crippen molar-refractivity contribution in [3.8, 4) is 0 Å². The quantitative estimate of drug-likeness (QED) is 0.870. The Bertz CT molecular complexity index is 337. The molecule has 1 fully saturated rings. The average Bonchev–Trinajstić information content (AvgIpc) is 2.27. The molecule has 0 radical (unpaired) electrons. The minimum atomic E-state index is 0.744. The highest BCUT2D eigenvalue weighted by molar-refractivity contribution is 5.34. The predicted octanol–water partition coefficient (Wildman–Crippen LogP) is 2.18. The average molecular weight is 233 g/mol. The van der Waals surface area contributed by atoms with Crippen LogP contribution in [0.3, 0.4) is 0 Å². The Morgan fingerprint density at radius 2 is 2.00 bits per heavy atom. The van der Waals surface area contributed by atoms with Crippen molar-refractivity contribution in [2.45, 2.75) is 26.7 Å². The summed E-state index contributed by atoms with van der Waals surface area (Å²) in [7, 11) is 0. The number of piperidine rings is 1. The summed E-state index contributed by atoms with van der Waals surface area (Å²) < 4.78 is 0. The van der Waals surface area contributed by atoms with Crippen molar-refractivity contribution < 1.29 is 0 Å². The maximum Gasteiger partial charge on any atom is 0.0501 e. The zero-order valence-electron chi connectivity index (χ0n) is 10.9. The van der Waals surface area contributed by atoms with Gasteiger partial charge in [-0.2, -0.15) is 0 Å². The molecule has 1 saturated heterocycles. The summed E-state index contributed by atoms with van der Waals surface area (Å²) in [4.78, 5) is 6.92. The van der Waals surface area contributed by atoms with Crippen molar-refractivity contribution in [3.05, 3.63) is 24.0 Å². The van der Waals surface area contributed by atoms with Gasteiger partial charge in [-0.1, -0.05) is 13.8 Å². The fourth-order valence-corrected chi connectivity index (χ4v) is 2.83. The largest absolute Gasteiger partial charge is 0.397 e. The van der Waals surface area contributed by atoms with Crippen LogP contribution in [-0.2, 0) is 6.42 Å². The van der Waals surface area contributed by atoms with Gasteiger partial charge in [0.2, 0.25) is 0 Å². The standard InChI is InChI=1S/C14H23N3/c1-11-7-12(2)10-17(9-11)6-5-14-4-3-13(15)8-16-14/h3-4,8,11-12H,5-7,9-10,15H2,1-2H3. The zero-order chi connectivity index (χ0) is 12.3. The molecule has 0 saturated carbocycles. The van der Waals surface area contributed by atoms with E-state index in [9.17, 15) is 0 Å². The topological polar surface area (TPSA) is 42.1 Å². The first-order valence-corrected chi connectivity index (χ1v) is 6.56. The van der Waals surface area contributed by atoms with Crippen LogP contribution in [-0.4, -0.2) is 29.5 Å². The highest BCUT2D eigenvalue weighted by Gasteiger charge is 2.21. The molecule has 1 aliphatic heterocycles. The molecule has 0 aromatic carbocycles. The minimum Gasteiger partial charge on any atom is -0.397 e. The molecule has 94 valence electrons. The smallest absolute Gasteiger partial charge is 0.0501 e. The lowest BCUT2D eigenvalue weighted by Gasteiger charge is -2.34. The van der Waals surface area contributed by atoms with E-state index in [1.807, 2.05) is 12.1 Å². The van der Waals surface area contributed by atoms with Crippen molar-refractivity contribution in [1.82, 2.24) is 9.88 Å². The predicted molar refractivity (Wildman–Crippen MR) is 71.7 cm³/mol. The Hall–Kier alpha value is -1.09. The number of anilines is 1. The third-order valence-corrected chi connectivity index (χ3v) is 3.48. The van der Waals surface area contributed by atoms with E-state index in [4.69, 9.17) is 5.73 Å². The van der Waals surface area contributed by atoms with Gasteiger partial charge in [0, 0.05) is 31.7 Å². The Labute approximate surface area is 104 Å². The van der Waals surface area contributed by atoms with E-state index in [-0.39, 0.29) is 0 Å². The molecule has 0 bridgehead atoms. The summed E-state index contributed by atoms with van der Waals surface area (Å²) in [6.07, 6.45) is 4.15. The number of nitrogens with two attached hydrogens (primary N) is 1. The van der Waals surface area contributed by atoms with Gasteiger partial charge >= 0.3 is 0 Å². The third kappa shape index (κ3) is 3.70. The molecule has 2 heterocycles. The molecular weight excluding hydrogens is 210 g/mol. The third-order valence-electron chi connectivity index (χ3n) is 3.48. The first-order valence-electron chi connectivity index (χ1n) is 6.56. The second kappa shape index (κ2) is 5.50. The number of aromatic nitrogens is 1. The van der Waals surface area contributed by atoms with Crippen LogP contribution in [0.2, 0.25) is 0 Å². The number of pyridine rings is 1. The number of hydrogen-bond acceptors (Lipinski definition) is 3. The van der Waals surface area contributed by atoms with E-state index in [0.717, 1.165) is 36.2 Å². The van der Waals surface area contributed by atoms with Crippen molar-refractivity contribution in [3.63, 3.8) is 0 Å². The van der Waals surface area contributed by atoms with Crippen LogP contribution in [0.4, 0.5) is 5.69 Å². The van der Waals surface area contributed by atoms with Crippen LogP contribution in [0.1, 0.15) is 26.0 Å². The second-order valence-corrected chi connectivity index (χ2v) is 5.54. The van der Waals surface area contributed by atoms with Gasteiger partial charge in [0.05, 0.1) is 11.9 Å². The molecule has 3 nitrogen and oxygen atoms in total. The number of nitrogen functional groups attached to an aromatic ring is 1. The molecule has 2 atom stereocenters. The van der Waals surface area contributed by atoms with Gasteiger partial charge in [-0.15, -0.1) is 0 Å². The van der Waals surface area contributed by atoms with E-state index in [1.165, 1.54) is 19.5 Å². The fourth-order valence-electron chi connectivity index (χ4n) is 2.83. The number of likely N-dealkylation sites (tertiary alicyclic amines) is 1. The van der Waals surface area contributed by atoms with Gasteiger partial charge in [0.25, 0.3) is 0 Å². The SMILES string of the molecule is CC1CC(C)CN(CCc2ccc(N)cn2)C1. The molecule has 0 aliphatic carbocycles. The summed E-state index contributed by atoms with van der Waals surface area (Å²) in [5.74, 6) is 1.66. The van der Waals surface area contributed by atoms with Gasteiger partial charge in [0.15, 0.2) is 0 Å². The lowest BCUT2D eigenvalue weighted by atomic mass is 9.92. The molecule has 0 spiro atoms. The monoisotopic (exact) mass is 233 g/mol. The van der Waals surface area contributed by atoms with E-state index in [2.05, 4.69) is 23.7 Å². The second-order valence-electron chi connectivity index (χ2n) is 5.54. The van der Waals surface area contributed by atoms with E-state index in [1.54, 1.807) is 6.20 Å². The first kappa shape index (κ1) is 12.4.